The molecule has 5 aromatic heterocycles. The monoisotopic (exact) mass is 2080 g/mol. The third kappa shape index (κ3) is 27.6. The van der Waals surface area contributed by atoms with Gasteiger partial charge in [0.05, 0.1) is 56.4 Å². The number of unbranched alkanes of at least 4 members (excludes halogenated alkanes) is 4. The molecule has 6 aromatic rings. The molecule has 1 aromatic carbocycles. The Balaban J connectivity index is 0.000000145. The van der Waals surface area contributed by atoms with Gasteiger partial charge in [0.1, 0.15) is 36.8 Å². The van der Waals surface area contributed by atoms with Crippen LogP contribution in [0.5, 0.6) is 0 Å². The summed E-state index contributed by atoms with van der Waals surface area (Å²) in [6.45, 7) is 24.2. The Bertz CT molecular complexity index is 5190. The molecule has 10 aliphatic heterocycles. The Hall–Kier alpha value is -9.32. The van der Waals surface area contributed by atoms with Crippen molar-refractivity contribution in [2.24, 2.45) is 58.8 Å². The fourth-order valence-corrected chi connectivity index (χ4v) is 24.0. The maximum Gasteiger partial charge on any atom is 0.418 e. The molecular formula is C94H151N23O24S3. The van der Waals surface area contributed by atoms with Gasteiger partial charge in [0.2, 0.25) is 69.3 Å². The molecule has 10 saturated heterocycles. The van der Waals surface area contributed by atoms with E-state index < -0.39 is 85.5 Å². The van der Waals surface area contributed by atoms with Crippen LogP contribution in [0, 0.1) is 47.3 Å². The number of carbonyl (C=O) groups excluding carboxylic acids is 5. The fourth-order valence-electron chi connectivity index (χ4n) is 22.9. The molecule has 50 heteroatoms. The van der Waals surface area contributed by atoms with Crippen LogP contribution in [0.25, 0.3) is 0 Å². The standard InChI is InChI=1S/C21H26N4O3.C16H36N.C14H20N4O6S.C14H20N4O3.2C13H19N5O6S.3CH4/c1-14-9-16(10-14)11-19-22-23-20(28-19)18-8-7-17-12-24(18)21(26)25(17)27-13-15-5-3-2-4-6-15;1-5-9-13-17(14-10-6-2,15-11-7-3)16-12-8-4;1-8-4-9(5-8)6-12-15-16-13(23-12)11-3-2-10-7-17(11)14(19)18(10)24-25(20,21)22;1-8-4-9(5-8)6-12-15-16-13(21-12)11-3-2-10-7-17(11)14(19)18(10)20;2*14-8-3-7(4-8)5-11-15-16-12(23-11)10-2-1-9-6-17(10)13(19)18(9)24-25(20,21)22;;;/h2-6,14,16-18H,7-13H2,1H3;5-16H2,1-4H3;8-11H,2-7H2,1H3,(H,20,21,22);8-11,20H,2-7H2,1H3;2*7-10H,1-6,14H2,(H,20,21,22);3*1H4/q;+1;;;;;;;/p-1/t14?,16?,17-,18+;;2*8?,9?,10-,11+;2*7?,8?,9-,10+;;;/m1.1111.../s1. The summed E-state index contributed by atoms with van der Waals surface area (Å²) < 4.78 is 137. The molecule has 0 spiro atoms. The Morgan fingerprint density at radius 2 is 0.632 bits per heavy atom. The number of carbonyl (C=O) groups is 5. The van der Waals surface area contributed by atoms with Crippen molar-refractivity contribution < 1.29 is 112 Å². The number of fused-ring (bicyclic) bond motifs is 10. The number of quaternary nitrogens is 1. The van der Waals surface area contributed by atoms with Gasteiger partial charge in [-0.2, -0.15) is 41.4 Å². The molecule has 15 aliphatic rings. The number of hydrogen-bond donors (Lipinski definition) is 5. The molecule has 7 N–H and O–H groups in total. The molecule has 5 aliphatic carbocycles. The first kappa shape index (κ1) is 112. The molecule has 10 atom stereocenters. The summed E-state index contributed by atoms with van der Waals surface area (Å²) in [6.07, 6.45) is 32.2. The van der Waals surface area contributed by atoms with Crippen LogP contribution in [0.15, 0.2) is 52.4 Å². The molecule has 0 radical (unpaired) electrons. The first-order valence-electron chi connectivity index (χ1n) is 50.7. The first-order valence-corrected chi connectivity index (χ1v) is 54.8. The summed E-state index contributed by atoms with van der Waals surface area (Å²) in [6, 6.07) is 5.05. The van der Waals surface area contributed by atoms with Crippen LogP contribution in [-0.2, 0) is 87.6 Å². The maximum atomic E-state index is 12.9. The van der Waals surface area contributed by atoms with Gasteiger partial charge in [-0.05, 0) is 207 Å². The van der Waals surface area contributed by atoms with Crippen LogP contribution in [0.3, 0.4) is 0 Å². The van der Waals surface area contributed by atoms with E-state index in [4.69, 9.17) is 47.5 Å². The minimum Gasteiger partial charge on any atom is -0.724 e. The van der Waals surface area contributed by atoms with E-state index in [0.29, 0.717) is 175 Å². The van der Waals surface area contributed by atoms with Gasteiger partial charge in [0, 0.05) is 76.9 Å². The number of hydrogen-bond acceptors (Lipinski definition) is 34. The van der Waals surface area contributed by atoms with Gasteiger partial charge < -0.3 is 67.1 Å². The van der Waals surface area contributed by atoms with Crippen LogP contribution in [-0.4, -0.2) is 281 Å². The van der Waals surface area contributed by atoms with E-state index in [1.54, 1.807) is 9.96 Å². The highest BCUT2D eigenvalue weighted by Crippen LogP contribution is 2.47. The Morgan fingerprint density at radius 1 is 0.375 bits per heavy atom. The highest BCUT2D eigenvalue weighted by molar-refractivity contribution is 7.81. The van der Waals surface area contributed by atoms with E-state index >= 15 is 0 Å². The average molecular weight is 2080 g/mol. The lowest BCUT2D eigenvalue weighted by molar-refractivity contribution is -0.929. The van der Waals surface area contributed by atoms with Gasteiger partial charge in [-0.15, -0.1) is 59.6 Å². The van der Waals surface area contributed by atoms with E-state index in [-0.39, 0.29) is 90.2 Å². The lowest BCUT2D eigenvalue weighted by atomic mass is 9.74. The van der Waals surface area contributed by atoms with Crippen LogP contribution < -0.4 is 11.5 Å². The summed E-state index contributed by atoms with van der Waals surface area (Å²) in [5.41, 5.74) is 12.6. The summed E-state index contributed by atoms with van der Waals surface area (Å²) in [5.74, 6) is 10.2. The van der Waals surface area contributed by atoms with Gasteiger partial charge in [-0.3, -0.25) is 19.2 Å². The fraction of sp³-hybridized carbons (Fsp3) is 0.777. The number of hydroxylamine groups is 10. The third-order valence-corrected chi connectivity index (χ3v) is 31.5. The number of urea groups is 5. The van der Waals surface area contributed by atoms with E-state index in [2.05, 4.69) is 112 Å². The molecule has 15 fully saturated rings. The summed E-state index contributed by atoms with van der Waals surface area (Å²) >= 11 is 0. The lowest BCUT2D eigenvalue weighted by Crippen LogP contribution is -2.50. The molecule has 15 heterocycles. The molecule has 804 valence electrons. The molecule has 5 saturated carbocycles. The van der Waals surface area contributed by atoms with Crippen molar-refractivity contribution in [2.45, 2.75) is 362 Å². The number of amides is 10. The molecule has 47 nitrogen and oxygen atoms in total. The van der Waals surface area contributed by atoms with Crippen molar-refractivity contribution in [3.8, 4) is 0 Å². The smallest absolute Gasteiger partial charge is 0.418 e. The quantitative estimate of drug-likeness (QED) is 0.0106. The van der Waals surface area contributed by atoms with Crippen molar-refractivity contribution in [1.82, 2.24) is 101 Å². The zero-order valence-electron chi connectivity index (χ0n) is 81.5. The molecule has 10 bridgehead atoms. The van der Waals surface area contributed by atoms with Crippen molar-refractivity contribution in [2.75, 3.05) is 58.9 Å². The van der Waals surface area contributed by atoms with Gasteiger partial charge in [0.25, 0.3) is 0 Å². The van der Waals surface area contributed by atoms with Crippen molar-refractivity contribution in [1.29, 1.82) is 0 Å². The van der Waals surface area contributed by atoms with Gasteiger partial charge in [0.15, 0.2) is 0 Å². The second-order valence-electron chi connectivity index (χ2n) is 41.7. The van der Waals surface area contributed by atoms with Gasteiger partial charge in [-0.1, -0.05) is 127 Å². The number of nitrogens with zero attached hydrogens (tertiary/aromatic N) is 21. The second-order valence-corrected chi connectivity index (χ2v) is 44.6. The van der Waals surface area contributed by atoms with Crippen LogP contribution in [0.2, 0.25) is 0 Å². The Kier molecular flexibility index (Phi) is 37.9. The molecule has 10 amide bonds. The zero-order chi connectivity index (χ0) is 99.9. The topological polar surface area (TPSA) is 587 Å². The summed E-state index contributed by atoms with van der Waals surface area (Å²) in [4.78, 5) is 75.6. The Labute approximate surface area is 844 Å². The minimum absolute atomic E-state index is 0. The van der Waals surface area contributed by atoms with E-state index in [0.717, 1.165) is 112 Å². The lowest BCUT2D eigenvalue weighted by Gasteiger charge is -2.39. The normalized spacial score (nSPS) is 29.0. The highest BCUT2D eigenvalue weighted by Gasteiger charge is 2.55. The van der Waals surface area contributed by atoms with Crippen molar-refractivity contribution in [3.05, 3.63) is 94.8 Å². The Morgan fingerprint density at radius 3 is 0.903 bits per heavy atom. The van der Waals surface area contributed by atoms with Crippen LogP contribution >= 0.6 is 0 Å². The largest absolute Gasteiger partial charge is 0.724 e. The predicted octanol–water partition coefficient (Wildman–Crippen LogP) is 13.7. The minimum atomic E-state index is -4.99. The van der Waals surface area contributed by atoms with Crippen LogP contribution in [0.1, 0.15) is 345 Å². The van der Waals surface area contributed by atoms with Crippen molar-refractivity contribution >= 4 is 61.4 Å². The van der Waals surface area contributed by atoms with E-state index in [1.807, 2.05) is 35.2 Å². The van der Waals surface area contributed by atoms with Crippen molar-refractivity contribution in [3.63, 3.8) is 0 Å². The molecule has 144 heavy (non-hydrogen) atoms. The molecular weight excluding hydrogens is 1930 g/mol. The number of nitrogens with two attached hydrogens (primary N) is 2. The predicted molar refractivity (Wildman–Crippen MR) is 514 cm³/mol. The summed E-state index contributed by atoms with van der Waals surface area (Å²) in [7, 11) is -14.5. The SMILES string of the molecule is C.C.C.CC1CC(Cc2nnc([C@@H]3CC[C@@H]4CN3C(=O)N4O)o2)C1.CC1CC(Cc2nnc([C@@H]3CC[C@@H]4CN3C(=O)N4OCc3ccccc3)o2)C1.CC1CC(Cc2nnc([C@@H]3CC[C@@H]4CN3C(=O)N4OS(=O)(=O)[O-])o2)C1.CCCC[N+](CCCC)(CCCC)CCCC.NC1CC(Cc2nnc([C@@H]3CC[C@@H]4CN3C(=O)N4OS(=O)(=O)O)o2)C1.NC1CC(Cc2nnc([C@@H]3CC[C@@H]4CN3C(=O)N4OS(=O)(=O)O)o2)C1. The number of aromatic nitrogens is 10. The summed E-state index contributed by atoms with van der Waals surface area (Å²) in [5, 5.41) is 55.3. The highest BCUT2D eigenvalue weighted by atomic mass is 32.3. The molecule has 0 unspecified atom stereocenters. The van der Waals surface area contributed by atoms with E-state index in [9.17, 15) is 59.0 Å². The maximum absolute atomic E-state index is 12.9. The zero-order valence-corrected chi connectivity index (χ0v) is 84.0. The number of rotatable bonds is 36. The average Bonchev–Trinajstić information content (AvgIpc) is 1.65. The third-order valence-electron chi connectivity index (χ3n) is 30.4. The number of piperidine rings is 5. The van der Waals surface area contributed by atoms with Crippen LogP contribution in [0.4, 0.5) is 24.0 Å². The van der Waals surface area contributed by atoms with Gasteiger partial charge in [-0.25, -0.2) is 37.5 Å². The first-order chi connectivity index (χ1) is 67.4. The molecule has 21 rings (SSSR count). The number of benzene rings is 1. The van der Waals surface area contributed by atoms with Gasteiger partial charge >= 0.3 is 51.0 Å². The second kappa shape index (κ2) is 48.8. The van der Waals surface area contributed by atoms with E-state index in [1.165, 1.54) is 122 Å².